The number of ether oxygens (including phenoxy) is 2. The largest absolute Gasteiger partial charge is 0.497 e. The van der Waals surface area contributed by atoms with Crippen LogP contribution in [-0.4, -0.2) is 24.5 Å². The number of para-hydroxylation sites is 2. The number of hydrogen-bond donors (Lipinski definition) is 2. The Morgan fingerprint density at radius 1 is 1.00 bits per heavy atom. The summed E-state index contributed by atoms with van der Waals surface area (Å²) in [7, 11) is 1.59. The van der Waals surface area contributed by atoms with Crippen molar-refractivity contribution in [3.05, 3.63) is 99.8 Å². The molecule has 1 amide bonds. The molecule has 1 aromatic heterocycles. The van der Waals surface area contributed by atoms with Gasteiger partial charge in [0.25, 0.3) is 5.56 Å². The molecule has 32 heavy (non-hydrogen) atoms. The Hall–Kier alpha value is -4.06. The molecule has 0 unspecified atom stereocenters. The first kappa shape index (κ1) is 19.9. The highest BCUT2D eigenvalue weighted by atomic mass is 16.5. The van der Waals surface area contributed by atoms with E-state index in [9.17, 15) is 9.59 Å². The predicted molar refractivity (Wildman–Crippen MR) is 123 cm³/mol. The third-order valence-corrected chi connectivity index (χ3v) is 5.77. The molecule has 5 rings (SSSR count). The molecule has 6 heteroatoms. The van der Waals surface area contributed by atoms with Gasteiger partial charge in [0.1, 0.15) is 17.2 Å². The highest BCUT2D eigenvalue weighted by Crippen LogP contribution is 2.43. The number of carbonyl (C=O) groups is 1. The first-order chi connectivity index (χ1) is 15.6. The molecule has 2 N–H and O–H groups in total. The van der Waals surface area contributed by atoms with Crippen LogP contribution in [0.4, 0.5) is 0 Å². The number of carbonyl (C=O) groups excluding carboxylic acids is 1. The molecule has 0 bridgehead atoms. The minimum atomic E-state index is -0.460. The van der Waals surface area contributed by atoms with E-state index in [-0.39, 0.29) is 11.5 Å². The summed E-state index contributed by atoms with van der Waals surface area (Å²) >= 11 is 0. The molecular weight excluding hydrogens is 404 g/mol. The Balaban J connectivity index is 1.35. The average molecular weight is 426 g/mol. The van der Waals surface area contributed by atoms with E-state index in [2.05, 4.69) is 10.3 Å². The fourth-order valence-corrected chi connectivity index (χ4v) is 4.15. The molecule has 0 radical (unpaired) electrons. The third-order valence-electron chi connectivity index (χ3n) is 5.77. The lowest BCUT2D eigenvalue weighted by atomic mass is 9.87. The summed E-state index contributed by atoms with van der Waals surface area (Å²) in [6, 6.07) is 22.6. The van der Waals surface area contributed by atoms with Crippen molar-refractivity contribution in [3.63, 3.8) is 0 Å². The fraction of sp³-hybridized carbons (Fsp3) is 0.154. The van der Waals surface area contributed by atoms with E-state index in [0.29, 0.717) is 35.8 Å². The van der Waals surface area contributed by atoms with Crippen molar-refractivity contribution in [3.8, 4) is 17.2 Å². The summed E-state index contributed by atoms with van der Waals surface area (Å²) in [4.78, 5) is 28.6. The lowest BCUT2D eigenvalue weighted by Crippen LogP contribution is -2.33. The van der Waals surface area contributed by atoms with Gasteiger partial charge in [-0.2, -0.15) is 0 Å². The highest BCUT2D eigenvalue weighted by molar-refractivity contribution is 5.89. The molecule has 0 saturated heterocycles. The Bertz CT molecular complexity index is 1330. The van der Waals surface area contributed by atoms with Crippen LogP contribution in [0.25, 0.3) is 10.9 Å². The van der Waals surface area contributed by atoms with Gasteiger partial charge >= 0.3 is 0 Å². The van der Waals surface area contributed by atoms with Gasteiger partial charge in [-0.3, -0.25) is 9.59 Å². The number of H-pyrrole nitrogens is 1. The quantitative estimate of drug-likeness (QED) is 0.503. The van der Waals surface area contributed by atoms with Crippen LogP contribution < -0.4 is 20.3 Å². The van der Waals surface area contributed by atoms with Crippen molar-refractivity contribution in [2.45, 2.75) is 12.3 Å². The number of aromatic nitrogens is 1. The summed E-state index contributed by atoms with van der Waals surface area (Å²) in [5, 5.41) is 3.92. The molecule has 0 fully saturated rings. The number of rotatable bonds is 5. The lowest BCUT2D eigenvalue weighted by molar-refractivity contribution is -0.121. The van der Waals surface area contributed by atoms with Crippen LogP contribution in [0.15, 0.2) is 77.6 Å². The Morgan fingerprint density at radius 2 is 1.69 bits per heavy atom. The summed E-state index contributed by atoms with van der Waals surface area (Å²) in [5.41, 5.74) is 2.84. The van der Waals surface area contributed by atoms with Gasteiger partial charge in [0.15, 0.2) is 0 Å². The molecule has 0 spiro atoms. The number of amides is 1. The van der Waals surface area contributed by atoms with Gasteiger partial charge in [-0.15, -0.1) is 0 Å². The highest BCUT2D eigenvalue weighted by Gasteiger charge is 2.32. The van der Waals surface area contributed by atoms with Crippen LogP contribution in [0, 0.1) is 0 Å². The number of methoxy groups -OCH3 is 1. The number of pyridine rings is 1. The number of benzene rings is 3. The van der Waals surface area contributed by atoms with Crippen LogP contribution in [0.2, 0.25) is 0 Å². The van der Waals surface area contributed by atoms with E-state index in [4.69, 9.17) is 9.47 Å². The standard InChI is InChI=1S/C26H22N2O4/c1-31-18-11-10-16-14-17(25(29)28-21(16)15-18)12-13-27-26(30)24-19-6-2-4-8-22(19)32-23-9-5-3-7-20(23)24/h2-11,14-15,24H,12-13H2,1H3,(H,27,30)(H,28,29). The van der Waals surface area contributed by atoms with Gasteiger partial charge in [-0.1, -0.05) is 36.4 Å². The minimum Gasteiger partial charge on any atom is -0.497 e. The Labute approximate surface area is 184 Å². The molecule has 0 saturated carbocycles. The van der Waals surface area contributed by atoms with E-state index >= 15 is 0 Å². The van der Waals surface area contributed by atoms with E-state index in [0.717, 1.165) is 22.0 Å². The number of hydrogen-bond acceptors (Lipinski definition) is 4. The zero-order valence-corrected chi connectivity index (χ0v) is 17.6. The summed E-state index contributed by atoms with van der Waals surface area (Å²) < 4.78 is 11.2. The van der Waals surface area contributed by atoms with Gasteiger partial charge in [0.2, 0.25) is 5.91 Å². The van der Waals surface area contributed by atoms with Gasteiger partial charge in [0.05, 0.1) is 18.5 Å². The van der Waals surface area contributed by atoms with Crippen molar-refractivity contribution in [1.82, 2.24) is 10.3 Å². The lowest BCUT2D eigenvalue weighted by Gasteiger charge is -2.27. The molecule has 1 aliphatic heterocycles. The Kier molecular flexibility index (Phi) is 5.11. The second-order valence-electron chi connectivity index (χ2n) is 7.73. The van der Waals surface area contributed by atoms with E-state index < -0.39 is 5.92 Å². The molecule has 1 aliphatic rings. The van der Waals surface area contributed by atoms with Gasteiger partial charge in [0, 0.05) is 29.3 Å². The van der Waals surface area contributed by atoms with Crippen LogP contribution in [-0.2, 0) is 11.2 Å². The number of nitrogens with one attached hydrogen (secondary N) is 2. The maximum atomic E-state index is 13.2. The molecule has 6 nitrogen and oxygen atoms in total. The van der Waals surface area contributed by atoms with Gasteiger partial charge < -0.3 is 19.8 Å². The van der Waals surface area contributed by atoms with Crippen LogP contribution in [0.5, 0.6) is 17.2 Å². The van der Waals surface area contributed by atoms with Crippen molar-refractivity contribution in [1.29, 1.82) is 0 Å². The SMILES string of the molecule is COc1ccc2cc(CCNC(=O)C3c4ccccc4Oc4ccccc43)c(=O)[nH]c2c1. The predicted octanol–water partition coefficient (Wildman–Crippen LogP) is 4.13. The second-order valence-corrected chi connectivity index (χ2v) is 7.73. The molecule has 160 valence electrons. The molecule has 0 atom stereocenters. The smallest absolute Gasteiger partial charge is 0.251 e. The molecule has 3 aromatic carbocycles. The van der Waals surface area contributed by atoms with E-state index in [1.165, 1.54) is 0 Å². The van der Waals surface area contributed by atoms with E-state index in [1.807, 2.05) is 66.7 Å². The van der Waals surface area contributed by atoms with Crippen molar-refractivity contribution in [2.75, 3.05) is 13.7 Å². The van der Waals surface area contributed by atoms with Crippen LogP contribution >= 0.6 is 0 Å². The zero-order valence-electron chi connectivity index (χ0n) is 17.6. The first-order valence-electron chi connectivity index (χ1n) is 10.5. The Morgan fingerprint density at radius 3 is 2.38 bits per heavy atom. The van der Waals surface area contributed by atoms with Gasteiger partial charge in [-0.05, 0) is 42.1 Å². The third kappa shape index (κ3) is 3.60. The van der Waals surface area contributed by atoms with E-state index in [1.54, 1.807) is 13.2 Å². The number of fused-ring (bicyclic) bond motifs is 3. The van der Waals surface area contributed by atoms with Crippen molar-refractivity contribution < 1.29 is 14.3 Å². The van der Waals surface area contributed by atoms with Crippen molar-refractivity contribution in [2.24, 2.45) is 0 Å². The molecule has 2 heterocycles. The first-order valence-corrected chi connectivity index (χ1v) is 10.5. The average Bonchev–Trinajstić information content (AvgIpc) is 2.82. The summed E-state index contributed by atoms with van der Waals surface area (Å²) in [5.74, 6) is 1.49. The second kappa shape index (κ2) is 8.23. The molecule has 0 aliphatic carbocycles. The fourth-order valence-electron chi connectivity index (χ4n) is 4.15. The van der Waals surface area contributed by atoms with Crippen LogP contribution in [0.3, 0.4) is 0 Å². The van der Waals surface area contributed by atoms with Gasteiger partial charge in [-0.25, -0.2) is 0 Å². The minimum absolute atomic E-state index is 0.116. The van der Waals surface area contributed by atoms with Crippen LogP contribution in [0.1, 0.15) is 22.6 Å². The van der Waals surface area contributed by atoms with Crippen molar-refractivity contribution >= 4 is 16.8 Å². The zero-order chi connectivity index (χ0) is 22.1. The summed E-state index contributed by atoms with van der Waals surface area (Å²) in [6.07, 6.45) is 0.426. The topological polar surface area (TPSA) is 80.4 Å². The maximum absolute atomic E-state index is 13.2. The molecule has 4 aromatic rings. The molecular formula is C26H22N2O4. The normalized spacial score (nSPS) is 12.5. The maximum Gasteiger partial charge on any atom is 0.251 e. The monoisotopic (exact) mass is 426 g/mol. The summed E-state index contributed by atoms with van der Waals surface area (Å²) in [6.45, 7) is 0.352. The number of aromatic amines is 1.